The molecule has 0 saturated heterocycles. The Kier molecular flexibility index (Phi) is 3.59. The van der Waals surface area contributed by atoms with Crippen LogP contribution < -0.4 is 5.32 Å². The first-order chi connectivity index (χ1) is 10.1. The molecule has 0 spiro atoms. The van der Waals surface area contributed by atoms with Gasteiger partial charge in [0.2, 0.25) is 0 Å². The molecular formula is C14H14F2N4S. The molecule has 7 heteroatoms. The fraction of sp³-hybridized carbons (Fsp3) is 0.286. The van der Waals surface area contributed by atoms with Gasteiger partial charge in [-0.3, -0.25) is 4.68 Å². The summed E-state index contributed by atoms with van der Waals surface area (Å²) < 4.78 is 28.1. The Morgan fingerprint density at radius 1 is 1.38 bits per heavy atom. The molecule has 0 aliphatic heterocycles. The lowest BCUT2D eigenvalue weighted by Crippen LogP contribution is -2.01. The van der Waals surface area contributed by atoms with Gasteiger partial charge in [-0.25, -0.2) is 13.8 Å². The number of thiazole rings is 1. The molecule has 0 unspecified atom stereocenters. The Bertz CT molecular complexity index is 778. The molecule has 110 valence electrons. The first-order valence-corrected chi connectivity index (χ1v) is 7.27. The van der Waals surface area contributed by atoms with Crippen LogP contribution in [0.15, 0.2) is 24.4 Å². The van der Waals surface area contributed by atoms with Crippen LogP contribution in [0.2, 0.25) is 0 Å². The van der Waals surface area contributed by atoms with Gasteiger partial charge in [0.05, 0.1) is 22.1 Å². The molecule has 0 saturated carbocycles. The predicted molar refractivity (Wildman–Crippen MR) is 79.8 cm³/mol. The third kappa shape index (κ3) is 2.61. The number of hydrogen-bond acceptors (Lipinski definition) is 4. The predicted octanol–water partition coefficient (Wildman–Crippen LogP) is 3.89. The minimum atomic E-state index is -2.53. The van der Waals surface area contributed by atoms with Crippen molar-refractivity contribution < 1.29 is 8.78 Å². The van der Waals surface area contributed by atoms with E-state index >= 15 is 0 Å². The number of aromatic nitrogens is 3. The Balaban J connectivity index is 1.88. The summed E-state index contributed by atoms with van der Waals surface area (Å²) in [6.45, 7) is 2.59. The molecule has 4 nitrogen and oxygen atoms in total. The van der Waals surface area contributed by atoms with E-state index in [1.807, 2.05) is 26.1 Å². The van der Waals surface area contributed by atoms with Crippen molar-refractivity contribution in [3.05, 3.63) is 40.7 Å². The SMILES string of the molecule is Cc1c(CNc2cccc3nc(C(F)F)sc23)cnn1C. The summed E-state index contributed by atoms with van der Waals surface area (Å²) in [7, 11) is 1.89. The number of benzene rings is 1. The quantitative estimate of drug-likeness (QED) is 0.795. The van der Waals surface area contributed by atoms with E-state index in [1.54, 1.807) is 16.9 Å². The third-order valence-electron chi connectivity index (χ3n) is 3.42. The summed E-state index contributed by atoms with van der Waals surface area (Å²) in [5.74, 6) is 0. The van der Waals surface area contributed by atoms with Gasteiger partial charge in [-0.2, -0.15) is 5.10 Å². The summed E-state index contributed by atoms with van der Waals surface area (Å²) in [6.07, 6.45) is -0.726. The Morgan fingerprint density at radius 2 is 2.19 bits per heavy atom. The van der Waals surface area contributed by atoms with Gasteiger partial charge in [0.1, 0.15) is 0 Å². The fourth-order valence-corrected chi connectivity index (χ4v) is 3.02. The van der Waals surface area contributed by atoms with Crippen LogP contribution in [0.5, 0.6) is 0 Å². The zero-order chi connectivity index (χ0) is 15.0. The van der Waals surface area contributed by atoms with E-state index in [1.165, 1.54) is 0 Å². The van der Waals surface area contributed by atoms with E-state index in [9.17, 15) is 8.78 Å². The van der Waals surface area contributed by atoms with Gasteiger partial charge in [0, 0.05) is 24.8 Å². The summed E-state index contributed by atoms with van der Waals surface area (Å²) in [4.78, 5) is 3.96. The molecule has 0 fully saturated rings. The number of rotatable bonds is 4. The lowest BCUT2D eigenvalue weighted by Gasteiger charge is -2.06. The van der Waals surface area contributed by atoms with Crippen molar-refractivity contribution in [2.45, 2.75) is 19.9 Å². The smallest absolute Gasteiger partial charge is 0.289 e. The number of nitrogens with zero attached hydrogens (tertiary/aromatic N) is 3. The maximum absolute atomic E-state index is 12.8. The Morgan fingerprint density at radius 3 is 2.86 bits per heavy atom. The van der Waals surface area contributed by atoms with Gasteiger partial charge in [-0.15, -0.1) is 11.3 Å². The van der Waals surface area contributed by atoms with Crippen LogP contribution in [-0.4, -0.2) is 14.8 Å². The first kappa shape index (κ1) is 13.9. The van der Waals surface area contributed by atoms with E-state index in [4.69, 9.17) is 0 Å². The summed E-state index contributed by atoms with van der Waals surface area (Å²) in [6, 6.07) is 5.44. The second kappa shape index (κ2) is 5.40. The number of nitrogens with one attached hydrogen (secondary N) is 1. The number of anilines is 1. The van der Waals surface area contributed by atoms with Crippen molar-refractivity contribution >= 4 is 27.2 Å². The van der Waals surface area contributed by atoms with Crippen LogP contribution in [0.25, 0.3) is 10.2 Å². The molecule has 3 rings (SSSR count). The standard InChI is InChI=1S/C14H14F2N4S/c1-8-9(7-18-20(8)2)6-17-10-4-3-5-11-12(10)21-14(19-11)13(15)16/h3-5,7,13,17H,6H2,1-2H3. The monoisotopic (exact) mass is 308 g/mol. The maximum atomic E-state index is 12.8. The molecule has 21 heavy (non-hydrogen) atoms. The van der Waals surface area contributed by atoms with E-state index in [0.717, 1.165) is 33.0 Å². The highest BCUT2D eigenvalue weighted by Crippen LogP contribution is 2.34. The molecule has 2 aromatic heterocycles. The highest BCUT2D eigenvalue weighted by atomic mass is 32.1. The van der Waals surface area contributed by atoms with Crippen LogP contribution in [0.4, 0.5) is 14.5 Å². The second-order valence-electron chi connectivity index (χ2n) is 4.74. The molecular weight excluding hydrogens is 294 g/mol. The average molecular weight is 308 g/mol. The lowest BCUT2D eigenvalue weighted by atomic mass is 10.2. The van der Waals surface area contributed by atoms with Gasteiger partial charge < -0.3 is 5.32 Å². The minimum absolute atomic E-state index is 0.142. The molecule has 2 heterocycles. The van der Waals surface area contributed by atoms with E-state index in [-0.39, 0.29) is 5.01 Å². The Hall–Kier alpha value is -2.02. The van der Waals surface area contributed by atoms with Crippen LogP contribution in [-0.2, 0) is 13.6 Å². The van der Waals surface area contributed by atoms with Crippen LogP contribution in [0.3, 0.4) is 0 Å². The normalized spacial score (nSPS) is 11.5. The first-order valence-electron chi connectivity index (χ1n) is 6.45. The highest BCUT2D eigenvalue weighted by molar-refractivity contribution is 7.19. The molecule has 0 atom stereocenters. The number of halogens is 2. The summed E-state index contributed by atoms with van der Waals surface area (Å²) >= 11 is 1.03. The second-order valence-corrected chi connectivity index (χ2v) is 5.77. The highest BCUT2D eigenvalue weighted by Gasteiger charge is 2.15. The van der Waals surface area contributed by atoms with E-state index < -0.39 is 6.43 Å². The minimum Gasteiger partial charge on any atom is -0.380 e. The summed E-state index contributed by atoms with van der Waals surface area (Å²) in [5.41, 5.74) is 3.57. The molecule has 0 bridgehead atoms. The molecule has 0 radical (unpaired) electrons. The molecule has 3 aromatic rings. The van der Waals surface area contributed by atoms with Crippen LogP contribution in [0, 0.1) is 6.92 Å². The van der Waals surface area contributed by atoms with Crippen molar-refractivity contribution in [3.8, 4) is 0 Å². The molecule has 0 aliphatic rings. The van der Waals surface area contributed by atoms with Crippen molar-refractivity contribution in [2.75, 3.05) is 5.32 Å². The van der Waals surface area contributed by atoms with Crippen molar-refractivity contribution in [1.29, 1.82) is 0 Å². The molecule has 1 N–H and O–H groups in total. The van der Waals surface area contributed by atoms with Gasteiger partial charge in [-0.05, 0) is 19.1 Å². The van der Waals surface area contributed by atoms with Gasteiger partial charge in [0.25, 0.3) is 6.43 Å². The van der Waals surface area contributed by atoms with E-state index in [2.05, 4.69) is 15.4 Å². The van der Waals surface area contributed by atoms with Gasteiger partial charge in [-0.1, -0.05) is 6.07 Å². The molecule has 0 amide bonds. The lowest BCUT2D eigenvalue weighted by molar-refractivity contribution is 0.151. The number of hydrogen-bond donors (Lipinski definition) is 1. The Labute approximate surface area is 124 Å². The van der Waals surface area contributed by atoms with Crippen molar-refractivity contribution in [1.82, 2.24) is 14.8 Å². The van der Waals surface area contributed by atoms with Crippen LogP contribution >= 0.6 is 11.3 Å². The molecule has 1 aromatic carbocycles. The van der Waals surface area contributed by atoms with Crippen LogP contribution in [0.1, 0.15) is 22.7 Å². The van der Waals surface area contributed by atoms with Crippen molar-refractivity contribution in [3.63, 3.8) is 0 Å². The summed E-state index contributed by atoms with van der Waals surface area (Å²) in [5, 5.41) is 7.33. The van der Waals surface area contributed by atoms with Gasteiger partial charge >= 0.3 is 0 Å². The maximum Gasteiger partial charge on any atom is 0.289 e. The third-order valence-corrected chi connectivity index (χ3v) is 4.54. The molecule has 0 aliphatic carbocycles. The average Bonchev–Trinajstić information content (AvgIpc) is 3.03. The van der Waals surface area contributed by atoms with Gasteiger partial charge in [0.15, 0.2) is 5.01 Å². The van der Waals surface area contributed by atoms with Crippen molar-refractivity contribution in [2.24, 2.45) is 7.05 Å². The largest absolute Gasteiger partial charge is 0.380 e. The number of fused-ring (bicyclic) bond motifs is 1. The zero-order valence-corrected chi connectivity index (χ0v) is 12.4. The van der Waals surface area contributed by atoms with E-state index in [0.29, 0.717) is 12.1 Å². The topological polar surface area (TPSA) is 42.7 Å². The number of aryl methyl sites for hydroxylation is 1. The zero-order valence-electron chi connectivity index (χ0n) is 11.6. The number of alkyl halides is 2. The fourth-order valence-electron chi connectivity index (χ4n) is 2.11.